The number of hydrogen-bond donors (Lipinski definition) is 1. The lowest BCUT2D eigenvalue weighted by atomic mass is 9.93. The number of hydrogen-bond acceptors (Lipinski definition) is 3. The Bertz CT molecular complexity index is 202. The number of carbonyl (C=O) groups is 1. The zero-order valence-electron chi connectivity index (χ0n) is 7.95. The summed E-state index contributed by atoms with van der Waals surface area (Å²) in [6.07, 6.45) is 2.88. The molecule has 1 spiro atoms. The number of rotatable bonds is 1. The molecule has 0 aliphatic carbocycles. The minimum absolute atomic E-state index is 0.0457. The average molecular weight is 184 g/mol. The van der Waals surface area contributed by atoms with E-state index in [9.17, 15) is 4.79 Å². The van der Waals surface area contributed by atoms with Gasteiger partial charge in [0.2, 0.25) is 6.41 Å². The summed E-state index contributed by atoms with van der Waals surface area (Å²) in [5.74, 6) is 0. The predicted molar refractivity (Wildman–Crippen MR) is 48.2 cm³/mol. The number of amides is 1. The molecule has 2 rings (SSSR count). The van der Waals surface area contributed by atoms with Gasteiger partial charge < -0.3 is 15.0 Å². The third-order valence-electron chi connectivity index (χ3n) is 3.01. The largest absolute Gasteiger partial charge is 0.350 e. The third-order valence-corrected chi connectivity index (χ3v) is 3.01. The smallest absolute Gasteiger partial charge is 0.211 e. The van der Waals surface area contributed by atoms with Crippen LogP contribution in [0.2, 0.25) is 0 Å². The van der Waals surface area contributed by atoms with Crippen LogP contribution in [-0.2, 0) is 9.53 Å². The number of carbonyl (C=O) groups excluding carboxylic acids is 1. The molecule has 13 heavy (non-hydrogen) atoms. The van der Waals surface area contributed by atoms with Crippen molar-refractivity contribution in [3.8, 4) is 0 Å². The SMILES string of the molecule is CC1OC2(CCNCC2)CN1C=O. The predicted octanol–water partition coefficient (Wildman–Crippen LogP) is -0.0568. The highest BCUT2D eigenvalue weighted by molar-refractivity contribution is 5.48. The summed E-state index contributed by atoms with van der Waals surface area (Å²) in [5.41, 5.74) is -0.0500. The number of piperidine rings is 1. The van der Waals surface area contributed by atoms with E-state index in [0.717, 1.165) is 38.9 Å². The molecule has 4 heteroatoms. The molecule has 2 saturated heterocycles. The van der Waals surface area contributed by atoms with E-state index in [4.69, 9.17) is 4.74 Å². The first-order valence-corrected chi connectivity index (χ1v) is 4.85. The summed E-state index contributed by atoms with van der Waals surface area (Å²) < 4.78 is 5.85. The summed E-state index contributed by atoms with van der Waals surface area (Å²) in [7, 11) is 0. The topological polar surface area (TPSA) is 41.6 Å². The lowest BCUT2D eigenvalue weighted by Crippen LogP contribution is -2.44. The molecule has 2 aliphatic rings. The Kier molecular flexibility index (Phi) is 2.26. The summed E-state index contributed by atoms with van der Waals surface area (Å²) >= 11 is 0. The van der Waals surface area contributed by atoms with Gasteiger partial charge in [-0.3, -0.25) is 4.79 Å². The standard InChI is InChI=1S/C9H16N2O2/c1-8-11(7-12)6-9(13-8)2-4-10-5-3-9/h7-8,10H,2-6H2,1H3. The number of nitrogens with one attached hydrogen (secondary N) is 1. The molecule has 0 aromatic rings. The zero-order chi connectivity index (χ0) is 9.31. The molecule has 1 atom stereocenters. The second-order valence-corrected chi connectivity index (χ2v) is 3.93. The maximum Gasteiger partial charge on any atom is 0.211 e. The Morgan fingerprint density at radius 2 is 2.23 bits per heavy atom. The fourth-order valence-corrected chi connectivity index (χ4v) is 2.21. The second kappa shape index (κ2) is 3.27. The third kappa shape index (κ3) is 1.56. The molecule has 2 aliphatic heterocycles. The molecule has 74 valence electrons. The summed E-state index contributed by atoms with van der Waals surface area (Å²) in [6, 6.07) is 0. The average Bonchev–Trinajstić information content (AvgIpc) is 2.44. The van der Waals surface area contributed by atoms with E-state index in [0.29, 0.717) is 0 Å². The van der Waals surface area contributed by atoms with Crippen LogP contribution >= 0.6 is 0 Å². The van der Waals surface area contributed by atoms with Gasteiger partial charge in [-0.25, -0.2) is 0 Å². The zero-order valence-corrected chi connectivity index (χ0v) is 7.95. The maximum atomic E-state index is 10.7. The van der Waals surface area contributed by atoms with Gasteiger partial charge in [-0.2, -0.15) is 0 Å². The highest BCUT2D eigenvalue weighted by Gasteiger charge is 2.43. The normalized spacial score (nSPS) is 32.4. The molecule has 0 bridgehead atoms. The molecule has 1 unspecified atom stereocenters. The van der Waals surface area contributed by atoms with Crippen LogP contribution in [0.25, 0.3) is 0 Å². The van der Waals surface area contributed by atoms with Crippen molar-refractivity contribution in [1.82, 2.24) is 10.2 Å². The van der Waals surface area contributed by atoms with E-state index in [-0.39, 0.29) is 11.8 Å². The Balaban J connectivity index is 2.04. The van der Waals surface area contributed by atoms with Gasteiger partial charge in [-0.15, -0.1) is 0 Å². The number of ether oxygens (including phenoxy) is 1. The van der Waals surface area contributed by atoms with Crippen LogP contribution in [0.3, 0.4) is 0 Å². The molecule has 2 fully saturated rings. The van der Waals surface area contributed by atoms with Gasteiger partial charge in [0.1, 0.15) is 6.23 Å². The van der Waals surface area contributed by atoms with Crippen LogP contribution < -0.4 is 5.32 Å². The fourth-order valence-electron chi connectivity index (χ4n) is 2.21. The van der Waals surface area contributed by atoms with E-state index in [1.54, 1.807) is 4.90 Å². The molecule has 0 radical (unpaired) electrons. The molecule has 1 N–H and O–H groups in total. The molecule has 2 heterocycles. The van der Waals surface area contributed by atoms with E-state index >= 15 is 0 Å². The summed E-state index contributed by atoms with van der Waals surface area (Å²) in [5, 5.41) is 3.30. The molecular weight excluding hydrogens is 168 g/mol. The van der Waals surface area contributed by atoms with Gasteiger partial charge in [0.15, 0.2) is 0 Å². The highest BCUT2D eigenvalue weighted by atomic mass is 16.5. The molecular formula is C9H16N2O2. The van der Waals surface area contributed by atoms with Gasteiger partial charge in [0.25, 0.3) is 0 Å². The molecule has 0 aromatic carbocycles. The fraction of sp³-hybridized carbons (Fsp3) is 0.889. The van der Waals surface area contributed by atoms with Gasteiger partial charge in [0.05, 0.1) is 12.1 Å². The first-order valence-electron chi connectivity index (χ1n) is 4.85. The van der Waals surface area contributed by atoms with E-state index in [2.05, 4.69) is 5.32 Å². The summed E-state index contributed by atoms with van der Waals surface area (Å²) in [6.45, 7) is 4.70. The van der Waals surface area contributed by atoms with Crippen LogP contribution in [0.15, 0.2) is 0 Å². The van der Waals surface area contributed by atoms with Crippen molar-refractivity contribution in [2.45, 2.75) is 31.6 Å². The second-order valence-electron chi connectivity index (χ2n) is 3.93. The monoisotopic (exact) mass is 184 g/mol. The van der Waals surface area contributed by atoms with Gasteiger partial charge >= 0.3 is 0 Å². The Morgan fingerprint density at radius 1 is 1.54 bits per heavy atom. The summed E-state index contributed by atoms with van der Waals surface area (Å²) in [4.78, 5) is 12.4. The van der Waals surface area contributed by atoms with E-state index in [1.807, 2.05) is 6.92 Å². The van der Waals surface area contributed by atoms with Crippen molar-refractivity contribution < 1.29 is 9.53 Å². The van der Waals surface area contributed by atoms with Gasteiger partial charge in [-0.05, 0) is 32.9 Å². The Hall–Kier alpha value is -0.610. The van der Waals surface area contributed by atoms with Gasteiger partial charge in [-0.1, -0.05) is 0 Å². The van der Waals surface area contributed by atoms with Crippen molar-refractivity contribution in [1.29, 1.82) is 0 Å². The lowest BCUT2D eigenvalue weighted by molar-refractivity contribution is -0.123. The molecule has 4 nitrogen and oxygen atoms in total. The highest BCUT2D eigenvalue weighted by Crippen LogP contribution is 2.32. The first kappa shape index (κ1) is 8.97. The number of nitrogens with zero attached hydrogens (tertiary/aromatic N) is 1. The minimum atomic E-state index is -0.0500. The Morgan fingerprint density at radius 3 is 2.77 bits per heavy atom. The lowest BCUT2D eigenvalue weighted by Gasteiger charge is -2.32. The quantitative estimate of drug-likeness (QED) is 0.581. The van der Waals surface area contributed by atoms with Crippen molar-refractivity contribution in [3.63, 3.8) is 0 Å². The van der Waals surface area contributed by atoms with Crippen LogP contribution in [-0.4, -0.2) is 42.8 Å². The van der Waals surface area contributed by atoms with Crippen molar-refractivity contribution in [3.05, 3.63) is 0 Å². The molecule has 0 saturated carbocycles. The molecule has 0 aromatic heterocycles. The van der Waals surface area contributed by atoms with Crippen LogP contribution in [0.5, 0.6) is 0 Å². The van der Waals surface area contributed by atoms with Crippen LogP contribution in [0.1, 0.15) is 19.8 Å². The van der Waals surface area contributed by atoms with Crippen molar-refractivity contribution >= 4 is 6.41 Å². The maximum absolute atomic E-state index is 10.7. The molecule has 1 amide bonds. The van der Waals surface area contributed by atoms with E-state index in [1.165, 1.54) is 0 Å². The van der Waals surface area contributed by atoms with Gasteiger partial charge in [0, 0.05) is 0 Å². The van der Waals surface area contributed by atoms with Crippen molar-refractivity contribution in [2.24, 2.45) is 0 Å². The first-order chi connectivity index (χ1) is 6.26. The van der Waals surface area contributed by atoms with Crippen LogP contribution in [0.4, 0.5) is 0 Å². The Labute approximate surface area is 78.2 Å². The van der Waals surface area contributed by atoms with E-state index < -0.39 is 0 Å². The minimum Gasteiger partial charge on any atom is -0.350 e. The van der Waals surface area contributed by atoms with Crippen LogP contribution in [0, 0.1) is 0 Å². The van der Waals surface area contributed by atoms with Crippen molar-refractivity contribution in [2.75, 3.05) is 19.6 Å².